The summed E-state index contributed by atoms with van der Waals surface area (Å²) in [5.41, 5.74) is 3.47. The summed E-state index contributed by atoms with van der Waals surface area (Å²) in [6.45, 7) is 2.57. The zero-order valence-corrected chi connectivity index (χ0v) is 22.9. The molecule has 0 spiro atoms. The van der Waals surface area contributed by atoms with Crippen molar-refractivity contribution in [3.05, 3.63) is 104 Å². The monoisotopic (exact) mass is 593 g/mol. The molecule has 9 heteroatoms. The molecule has 2 aliphatic rings. The summed E-state index contributed by atoms with van der Waals surface area (Å²) in [5, 5.41) is 11.9. The van der Waals surface area contributed by atoms with Crippen LogP contribution in [0, 0.1) is 5.41 Å². The van der Waals surface area contributed by atoms with Gasteiger partial charge in [0.25, 0.3) is 5.91 Å². The Labute approximate surface area is 232 Å². The molecule has 3 aromatic rings. The molecular weight excluding hydrogens is 574 g/mol. The van der Waals surface area contributed by atoms with Crippen molar-refractivity contribution >= 4 is 68.0 Å². The summed E-state index contributed by atoms with van der Waals surface area (Å²) in [5.74, 6) is 0.652. The van der Waals surface area contributed by atoms with Crippen LogP contribution in [0.5, 0.6) is 11.5 Å². The van der Waals surface area contributed by atoms with Crippen LogP contribution in [0.15, 0.2) is 87.2 Å². The zero-order valence-electron chi connectivity index (χ0n) is 19.7. The van der Waals surface area contributed by atoms with Gasteiger partial charge in [0.2, 0.25) is 0 Å². The highest BCUT2D eigenvalue weighted by Gasteiger charge is 2.36. The Morgan fingerprint density at radius 3 is 2.62 bits per heavy atom. The first kappa shape index (κ1) is 25.3. The average Bonchev–Trinajstić information content (AvgIpc) is 3.31. The van der Waals surface area contributed by atoms with Crippen LogP contribution in [0.2, 0.25) is 5.02 Å². The molecule has 3 aromatic carbocycles. The molecule has 0 saturated heterocycles. The maximum Gasteiger partial charge on any atom is 0.283 e. The molecule has 186 valence electrons. The number of aliphatic imine (C=N–C) groups is 1. The van der Waals surface area contributed by atoms with Crippen molar-refractivity contribution in [2.45, 2.75) is 13.5 Å². The van der Waals surface area contributed by atoms with Gasteiger partial charge < -0.3 is 9.47 Å². The van der Waals surface area contributed by atoms with Crippen molar-refractivity contribution in [1.82, 2.24) is 4.90 Å². The van der Waals surface area contributed by atoms with Crippen LogP contribution >= 0.6 is 39.3 Å². The van der Waals surface area contributed by atoms with E-state index >= 15 is 0 Å². The molecule has 37 heavy (non-hydrogen) atoms. The molecule has 1 amide bonds. The van der Waals surface area contributed by atoms with Crippen LogP contribution in [-0.4, -0.2) is 28.4 Å². The number of rotatable bonds is 7. The number of carbonyl (C=O) groups is 1. The van der Waals surface area contributed by atoms with E-state index in [9.17, 15) is 4.79 Å². The predicted octanol–water partition coefficient (Wildman–Crippen LogP) is 7.38. The minimum Gasteiger partial charge on any atom is -0.490 e. The van der Waals surface area contributed by atoms with Gasteiger partial charge in [0.05, 0.1) is 22.3 Å². The number of hydrogen-bond donors (Lipinski definition) is 1. The molecule has 0 atom stereocenters. The van der Waals surface area contributed by atoms with Gasteiger partial charge in [-0.1, -0.05) is 71.9 Å². The normalized spacial score (nSPS) is 16.0. The number of carbonyl (C=O) groups excluding carboxylic acids is 1. The molecule has 1 N–H and O–H groups in total. The molecule has 0 bridgehead atoms. The third kappa shape index (κ3) is 5.23. The van der Waals surface area contributed by atoms with Crippen molar-refractivity contribution in [2.24, 2.45) is 4.99 Å². The lowest BCUT2D eigenvalue weighted by molar-refractivity contribution is -0.114. The quantitative estimate of drug-likeness (QED) is 0.289. The number of ether oxygens (including phenoxy) is 2. The van der Waals surface area contributed by atoms with Crippen molar-refractivity contribution in [2.75, 3.05) is 6.61 Å². The molecule has 0 saturated carbocycles. The first-order chi connectivity index (χ1) is 18.0. The third-order valence-corrected chi connectivity index (χ3v) is 7.44. The van der Waals surface area contributed by atoms with Crippen LogP contribution in [0.3, 0.4) is 0 Å². The van der Waals surface area contributed by atoms with Gasteiger partial charge in [-0.3, -0.25) is 15.1 Å². The highest BCUT2D eigenvalue weighted by Crippen LogP contribution is 2.40. The summed E-state index contributed by atoms with van der Waals surface area (Å²) in [6, 6.07) is 20.8. The molecule has 0 radical (unpaired) electrons. The number of thioether (sulfide) groups is 1. The van der Waals surface area contributed by atoms with Gasteiger partial charge in [0.15, 0.2) is 16.7 Å². The molecular formula is C28H21BrClN3O3S. The van der Waals surface area contributed by atoms with Gasteiger partial charge in [-0.25, -0.2) is 0 Å². The molecule has 0 unspecified atom stereocenters. The fourth-order valence-electron chi connectivity index (χ4n) is 3.92. The molecule has 0 aliphatic carbocycles. The van der Waals surface area contributed by atoms with Crippen molar-refractivity contribution in [3.8, 4) is 11.5 Å². The first-order valence-electron chi connectivity index (χ1n) is 11.4. The van der Waals surface area contributed by atoms with E-state index in [2.05, 4.69) is 20.9 Å². The van der Waals surface area contributed by atoms with Crippen LogP contribution in [0.4, 0.5) is 0 Å². The minimum absolute atomic E-state index is 0.0724. The Bertz CT molecular complexity index is 1490. The van der Waals surface area contributed by atoms with E-state index in [1.54, 1.807) is 17.0 Å². The van der Waals surface area contributed by atoms with E-state index in [0.717, 1.165) is 16.8 Å². The van der Waals surface area contributed by atoms with E-state index in [-0.39, 0.29) is 18.0 Å². The Morgan fingerprint density at radius 2 is 1.86 bits per heavy atom. The molecule has 2 aliphatic heterocycles. The maximum absolute atomic E-state index is 12.9. The van der Waals surface area contributed by atoms with E-state index in [1.807, 2.05) is 73.0 Å². The lowest BCUT2D eigenvalue weighted by atomic mass is 10.1. The summed E-state index contributed by atoms with van der Waals surface area (Å²) < 4.78 is 12.6. The molecule has 0 aromatic heterocycles. The van der Waals surface area contributed by atoms with Crippen LogP contribution in [0.1, 0.15) is 23.6 Å². The lowest BCUT2D eigenvalue weighted by Gasteiger charge is -2.27. The standard InChI is InChI=1S/C28H21BrClN3O3S/c1-2-35-24-14-17(13-21(29)25(24)36-15-19-10-6-7-11-22(19)30)12-20-26(31)33-23(18-8-4-3-5-9-18)16-37-28(33)32-27(20)34/h3-14,16,31H,2,15H2,1H3/b20-12-,31-26?. The highest BCUT2D eigenvalue weighted by atomic mass is 79.9. The summed E-state index contributed by atoms with van der Waals surface area (Å²) >= 11 is 11.2. The molecule has 5 rings (SSSR count). The highest BCUT2D eigenvalue weighted by molar-refractivity contribution is 9.10. The van der Waals surface area contributed by atoms with Gasteiger partial charge in [-0.05, 0) is 58.3 Å². The topological polar surface area (TPSA) is 75.0 Å². The Balaban J connectivity index is 1.46. The number of halogens is 2. The number of amides is 1. The van der Waals surface area contributed by atoms with Gasteiger partial charge in [0.1, 0.15) is 12.4 Å². The smallest absolute Gasteiger partial charge is 0.283 e. The second-order valence-electron chi connectivity index (χ2n) is 8.07. The summed E-state index contributed by atoms with van der Waals surface area (Å²) in [4.78, 5) is 18.9. The van der Waals surface area contributed by atoms with Crippen LogP contribution < -0.4 is 9.47 Å². The SMILES string of the molecule is CCOc1cc(/C=C2/C(=N)N3C(c4ccccc4)=CSC3=NC2=O)cc(Br)c1OCc1ccccc1Cl. The largest absolute Gasteiger partial charge is 0.490 e. The average molecular weight is 595 g/mol. The van der Waals surface area contributed by atoms with E-state index in [1.165, 1.54) is 11.8 Å². The number of benzene rings is 3. The Hall–Kier alpha value is -3.33. The van der Waals surface area contributed by atoms with Gasteiger partial charge >= 0.3 is 0 Å². The summed E-state index contributed by atoms with van der Waals surface area (Å²) in [6.07, 6.45) is 1.65. The zero-order chi connectivity index (χ0) is 25.9. The number of hydrogen-bond acceptors (Lipinski definition) is 5. The number of amidine groups is 2. The van der Waals surface area contributed by atoms with Gasteiger partial charge in [-0.15, -0.1) is 0 Å². The van der Waals surface area contributed by atoms with Gasteiger partial charge in [0, 0.05) is 16.0 Å². The fourth-order valence-corrected chi connectivity index (χ4v) is 5.57. The molecule has 6 nitrogen and oxygen atoms in total. The van der Waals surface area contributed by atoms with Crippen LogP contribution in [-0.2, 0) is 11.4 Å². The maximum atomic E-state index is 12.9. The fraction of sp³-hybridized carbons (Fsp3) is 0.107. The minimum atomic E-state index is -0.459. The number of nitrogens with one attached hydrogen (secondary N) is 1. The lowest BCUT2D eigenvalue weighted by Crippen LogP contribution is -2.38. The first-order valence-corrected chi connectivity index (χ1v) is 13.5. The van der Waals surface area contributed by atoms with Gasteiger partial charge in [-0.2, -0.15) is 4.99 Å². The van der Waals surface area contributed by atoms with Crippen molar-refractivity contribution in [3.63, 3.8) is 0 Å². The number of fused-ring (bicyclic) bond motifs is 1. The molecule has 2 heterocycles. The second-order valence-corrected chi connectivity index (χ2v) is 10.2. The Kier molecular flexibility index (Phi) is 7.50. The van der Waals surface area contributed by atoms with Crippen molar-refractivity contribution in [1.29, 1.82) is 5.41 Å². The van der Waals surface area contributed by atoms with Crippen molar-refractivity contribution < 1.29 is 14.3 Å². The molecule has 0 fully saturated rings. The third-order valence-electron chi connectivity index (χ3n) is 5.66. The summed E-state index contributed by atoms with van der Waals surface area (Å²) in [7, 11) is 0. The Morgan fingerprint density at radius 1 is 1.11 bits per heavy atom. The predicted molar refractivity (Wildman–Crippen MR) is 153 cm³/mol. The second kappa shape index (κ2) is 11.0. The van der Waals surface area contributed by atoms with E-state index < -0.39 is 5.91 Å². The number of nitrogens with zero attached hydrogens (tertiary/aromatic N) is 2. The van der Waals surface area contributed by atoms with E-state index in [0.29, 0.717) is 38.3 Å². The van der Waals surface area contributed by atoms with Crippen LogP contribution in [0.25, 0.3) is 11.8 Å². The van der Waals surface area contributed by atoms with E-state index in [4.69, 9.17) is 26.5 Å².